The molecule has 0 unspecified atom stereocenters. The van der Waals surface area contributed by atoms with Gasteiger partial charge in [0.15, 0.2) is 5.13 Å². The normalized spacial score (nSPS) is 20.6. The van der Waals surface area contributed by atoms with Gasteiger partial charge in [-0.25, -0.2) is 9.78 Å². The molecule has 1 saturated carbocycles. The molecule has 110 valence electrons. The molecule has 5 nitrogen and oxygen atoms in total. The maximum Gasteiger partial charge on any atom is 0.407 e. The number of aromatic nitrogens is 1. The van der Waals surface area contributed by atoms with Crippen LogP contribution in [0.4, 0.5) is 9.93 Å². The number of nitrogens with one attached hydrogen (secondary N) is 1. The first-order chi connectivity index (χ1) is 10.2. The van der Waals surface area contributed by atoms with Gasteiger partial charge >= 0.3 is 6.09 Å². The second kappa shape index (κ2) is 6.13. The van der Waals surface area contributed by atoms with Crippen LogP contribution in [0, 0.1) is 0 Å². The van der Waals surface area contributed by atoms with Crippen molar-refractivity contribution in [1.29, 1.82) is 0 Å². The number of rotatable bonds is 4. The summed E-state index contributed by atoms with van der Waals surface area (Å²) < 4.78 is 5.20. The number of anilines is 1. The SMILES string of the molecule is Nc1ncc(C2CC(NC(=O)OCc3ccccc3)C2)s1. The largest absolute Gasteiger partial charge is 0.445 e. The van der Waals surface area contributed by atoms with Crippen LogP contribution in [0.1, 0.15) is 29.2 Å². The van der Waals surface area contributed by atoms with E-state index in [9.17, 15) is 4.79 Å². The molecule has 3 N–H and O–H groups in total. The second-order valence-corrected chi connectivity index (χ2v) is 6.27. The lowest BCUT2D eigenvalue weighted by Gasteiger charge is -2.34. The van der Waals surface area contributed by atoms with E-state index < -0.39 is 0 Å². The summed E-state index contributed by atoms with van der Waals surface area (Å²) in [7, 11) is 0. The van der Waals surface area contributed by atoms with Crippen LogP contribution in [0.25, 0.3) is 0 Å². The predicted octanol–water partition coefficient (Wildman–Crippen LogP) is 2.90. The summed E-state index contributed by atoms with van der Waals surface area (Å²) in [5.41, 5.74) is 6.61. The number of nitrogens with zero attached hydrogens (tertiary/aromatic N) is 1. The zero-order chi connectivity index (χ0) is 14.7. The molecular weight excluding hydrogens is 286 g/mol. The molecule has 0 saturated heterocycles. The van der Waals surface area contributed by atoms with Gasteiger partial charge in [-0.05, 0) is 24.3 Å². The Morgan fingerprint density at radius 2 is 2.14 bits per heavy atom. The van der Waals surface area contributed by atoms with Crippen LogP contribution in [-0.4, -0.2) is 17.1 Å². The smallest absolute Gasteiger partial charge is 0.407 e. The number of amides is 1. The van der Waals surface area contributed by atoms with E-state index in [4.69, 9.17) is 10.5 Å². The molecule has 1 amide bonds. The van der Waals surface area contributed by atoms with E-state index in [0.717, 1.165) is 18.4 Å². The summed E-state index contributed by atoms with van der Waals surface area (Å²) in [4.78, 5) is 17.0. The predicted molar refractivity (Wildman–Crippen MR) is 82.1 cm³/mol. The first-order valence-corrected chi connectivity index (χ1v) is 7.71. The Bertz CT molecular complexity index is 608. The summed E-state index contributed by atoms with van der Waals surface area (Å²) in [5.74, 6) is 0.458. The van der Waals surface area contributed by atoms with E-state index in [1.54, 1.807) is 0 Å². The molecule has 0 aliphatic heterocycles. The summed E-state index contributed by atoms with van der Waals surface area (Å²) in [6.07, 6.45) is 3.31. The fraction of sp³-hybridized carbons (Fsp3) is 0.333. The van der Waals surface area contributed by atoms with Crippen molar-refractivity contribution >= 4 is 22.6 Å². The highest BCUT2D eigenvalue weighted by Gasteiger charge is 2.32. The van der Waals surface area contributed by atoms with Crippen LogP contribution >= 0.6 is 11.3 Å². The molecule has 1 heterocycles. The molecule has 2 aromatic rings. The van der Waals surface area contributed by atoms with Gasteiger partial charge in [0.1, 0.15) is 6.61 Å². The summed E-state index contributed by atoms with van der Waals surface area (Å²) >= 11 is 1.52. The summed E-state index contributed by atoms with van der Waals surface area (Å²) in [6, 6.07) is 9.83. The lowest BCUT2D eigenvalue weighted by Crippen LogP contribution is -2.43. The topological polar surface area (TPSA) is 77.2 Å². The van der Waals surface area contributed by atoms with Gasteiger partial charge in [-0.3, -0.25) is 0 Å². The van der Waals surface area contributed by atoms with Gasteiger partial charge in [0.25, 0.3) is 0 Å². The number of thiazole rings is 1. The number of carbonyl (C=O) groups excluding carboxylic acids is 1. The molecule has 21 heavy (non-hydrogen) atoms. The molecule has 0 bridgehead atoms. The van der Waals surface area contributed by atoms with Crippen LogP contribution < -0.4 is 11.1 Å². The number of nitrogens with two attached hydrogens (primary N) is 1. The summed E-state index contributed by atoms with van der Waals surface area (Å²) in [5, 5.41) is 3.49. The van der Waals surface area contributed by atoms with E-state index in [-0.39, 0.29) is 12.1 Å². The zero-order valence-electron chi connectivity index (χ0n) is 11.5. The molecule has 0 spiro atoms. The monoisotopic (exact) mass is 303 g/mol. The van der Waals surface area contributed by atoms with Crippen LogP contribution in [0.5, 0.6) is 0 Å². The molecular formula is C15H17N3O2S. The van der Waals surface area contributed by atoms with Gasteiger partial charge in [-0.1, -0.05) is 30.3 Å². The van der Waals surface area contributed by atoms with Gasteiger partial charge in [0, 0.05) is 17.1 Å². The van der Waals surface area contributed by atoms with Crippen molar-refractivity contribution in [2.75, 3.05) is 5.73 Å². The summed E-state index contributed by atoms with van der Waals surface area (Å²) in [6.45, 7) is 0.300. The Kier molecular flexibility index (Phi) is 4.06. The second-order valence-electron chi connectivity index (χ2n) is 5.17. The number of hydrogen-bond acceptors (Lipinski definition) is 5. The Hall–Kier alpha value is -2.08. The van der Waals surface area contributed by atoms with Crippen molar-refractivity contribution in [3.8, 4) is 0 Å². The van der Waals surface area contributed by atoms with Crippen molar-refractivity contribution in [1.82, 2.24) is 10.3 Å². The van der Waals surface area contributed by atoms with Crippen molar-refractivity contribution in [3.63, 3.8) is 0 Å². The highest BCUT2D eigenvalue weighted by molar-refractivity contribution is 7.15. The van der Waals surface area contributed by atoms with Gasteiger partial charge in [0.2, 0.25) is 0 Å². The van der Waals surface area contributed by atoms with Crippen molar-refractivity contribution in [2.24, 2.45) is 0 Å². The Labute approximate surface area is 127 Å². The maximum absolute atomic E-state index is 11.7. The van der Waals surface area contributed by atoms with Gasteiger partial charge < -0.3 is 15.8 Å². The van der Waals surface area contributed by atoms with Crippen molar-refractivity contribution in [2.45, 2.75) is 31.4 Å². The van der Waals surface area contributed by atoms with Crippen LogP contribution in [-0.2, 0) is 11.3 Å². The number of nitrogen functional groups attached to an aromatic ring is 1. The highest BCUT2D eigenvalue weighted by atomic mass is 32.1. The third-order valence-corrected chi connectivity index (χ3v) is 4.61. The molecule has 1 aromatic heterocycles. The number of benzene rings is 1. The van der Waals surface area contributed by atoms with Gasteiger partial charge in [-0.2, -0.15) is 0 Å². The van der Waals surface area contributed by atoms with Gasteiger partial charge in [0.05, 0.1) is 0 Å². The molecule has 3 rings (SSSR count). The Morgan fingerprint density at radius 1 is 1.38 bits per heavy atom. The number of ether oxygens (including phenoxy) is 1. The highest BCUT2D eigenvalue weighted by Crippen LogP contribution is 2.39. The Morgan fingerprint density at radius 3 is 2.81 bits per heavy atom. The fourth-order valence-corrected chi connectivity index (χ4v) is 3.20. The van der Waals surface area contributed by atoms with Crippen LogP contribution in [0.2, 0.25) is 0 Å². The van der Waals surface area contributed by atoms with E-state index in [1.165, 1.54) is 16.2 Å². The van der Waals surface area contributed by atoms with Gasteiger partial charge in [-0.15, -0.1) is 11.3 Å². The number of hydrogen-bond donors (Lipinski definition) is 2. The average Bonchev–Trinajstić information content (AvgIpc) is 2.87. The minimum atomic E-state index is -0.355. The molecule has 1 aliphatic rings. The Balaban J connectivity index is 1.39. The third-order valence-electron chi connectivity index (χ3n) is 3.62. The lowest BCUT2D eigenvalue weighted by molar-refractivity contribution is 0.128. The van der Waals surface area contributed by atoms with E-state index in [2.05, 4.69) is 10.3 Å². The minimum absolute atomic E-state index is 0.182. The molecule has 1 aromatic carbocycles. The lowest BCUT2D eigenvalue weighted by atomic mass is 9.80. The molecule has 1 aliphatic carbocycles. The molecule has 6 heteroatoms. The molecule has 0 atom stereocenters. The zero-order valence-corrected chi connectivity index (χ0v) is 12.3. The average molecular weight is 303 g/mol. The minimum Gasteiger partial charge on any atom is -0.445 e. The quantitative estimate of drug-likeness (QED) is 0.910. The van der Waals surface area contributed by atoms with E-state index in [1.807, 2.05) is 36.5 Å². The fourth-order valence-electron chi connectivity index (χ4n) is 2.39. The maximum atomic E-state index is 11.7. The first-order valence-electron chi connectivity index (χ1n) is 6.89. The number of carbonyl (C=O) groups is 1. The third kappa shape index (κ3) is 3.52. The van der Waals surface area contributed by atoms with Crippen molar-refractivity contribution in [3.05, 3.63) is 47.0 Å². The van der Waals surface area contributed by atoms with Crippen LogP contribution in [0.15, 0.2) is 36.5 Å². The standard InChI is InChI=1S/C15H17N3O2S/c16-14-17-8-13(21-14)11-6-12(7-11)18-15(19)20-9-10-4-2-1-3-5-10/h1-5,8,11-12H,6-7,9H2,(H2,16,17)(H,18,19). The van der Waals surface area contributed by atoms with E-state index in [0.29, 0.717) is 17.7 Å². The van der Waals surface area contributed by atoms with Crippen molar-refractivity contribution < 1.29 is 9.53 Å². The first kappa shape index (κ1) is 13.9. The molecule has 0 radical (unpaired) electrons. The van der Waals surface area contributed by atoms with Crippen LogP contribution in [0.3, 0.4) is 0 Å². The van der Waals surface area contributed by atoms with E-state index >= 15 is 0 Å². The molecule has 1 fully saturated rings. The number of alkyl carbamates (subject to hydrolysis) is 1.